The molecule has 0 unspecified atom stereocenters. The van der Waals surface area contributed by atoms with Crippen molar-refractivity contribution in [1.29, 1.82) is 0 Å². The fourth-order valence-corrected chi connectivity index (χ4v) is 3.51. The maximum Gasteiger partial charge on any atom is 0.230 e. The van der Waals surface area contributed by atoms with Crippen LogP contribution in [-0.4, -0.2) is 16.1 Å². The topological polar surface area (TPSA) is 54.9 Å². The summed E-state index contributed by atoms with van der Waals surface area (Å²) in [5, 5.41) is 13.2. The Balaban J connectivity index is 1.56. The van der Waals surface area contributed by atoms with E-state index >= 15 is 0 Å². The van der Waals surface area contributed by atoms with E-state index in [9.17, 15) is 4.79 Å². The van der Waals surface area contributed by atoms with E-state index in [1.165, 1.54) is 16.9 Å². The van der Waals surface area contributed by atoms with E-state index in [-0.39, 0.29) is 12.3 Å². The molecule has 0 aliphatic heterocycles. The fourth-order valence-electron chi connectivity index (χ4n) is 2.50. The van der Waals surface area contributed by atoms with E-state index in [1.54, 1.807) is 12.1 Å². The van der Waals surface area contributed by atoms with E-state index in [1.807, 2.05) is 30.3 Å². The predicted octanol–water partition coefficient (Wildman–Crippen LogP) is 4.72. The van der Waals surface area contributed by atoms with Gasteiger partial charge < -0.3 is 5.32 Å². The van der Waals surface area contributed by atoms with Gasteiger partial charge in [-0.1, -0.05) is 72.3 Å². The normalized spacial score (nSPS) is 11.9. The number of hydrogen-bond acceptors (Lipinski definition) is 4. The number of halogens is 1. The fraction of sp³-hybridized carbons (Fsp3) is 0.211. The zero-order chi connectivity index (χ0) is 17.6. The van der Waals surface area contributed by atoms with Crippen LogP contribution in [0.2, 0.25) is 5.02 Å². The number of rotatable bonds is 6. The van der Waals surface area contributed by atoms with Gasteiger partial charge in [0.15, 0.2) is 0 Å². The summed E-state index contributed by atoms with van der Waals surface area (Å²) in [5.74, 6) is 0.243. The van der Waals surface area contributed by atoms with Gasteiger partial charge in [0.1, 0.15) is 5.01 Å². The number of carbonyl (C=O) groups excluding carboxylic acids is 1. The molecule has 1 amide bonds. The van der Waals surface area contributed by atoms with Crippen molar-refractivity contribution in [2.75, 3.05) is 5.32 Å². The summed E-state index contributed by atoms with van der Waals surface area (Å²) in [7, 11) is 0. The molecule has 3 rings (SSSR count). The van der Waals surface area contributed by atoms with Crippen molar-refractivity contribution in [2.24, 2.45) is 0 Å². The second-order valence-corrected chi connectivity index (χ2v) is 7.37. The molecule has 0 fully saturated rings. The number of anilines is 1. The van der Waals surface area contributed by atoms with E-state index in [0.717, 1.165) is 17.0 Å². The highest BCUT2D eigenvalue weighted by atomic mass is 35.5. The van der Waals surface area contributed by atoms with Crippen molar-refractivity contribution < 1.29 is 4.79 Å². The molecule has 1 heterocycles. The molecule has 0 bridgehead atoms. The van der Waals surface area contributed by atoms with Crippen LogP contribution in [-0.2, 0) is 17.6 Å². The van der Waals surface area contributed by atoms with Gasteiger partial charge >= 0.3 is 0 Å². The molecule has 1 atom stereocenters. The van der Waals surface area contributed by atoms with Crippen molar-refractivity contribution >= 4 is 34.0 Å². The van der Waals surface area contributed by atoms with Gasteiger partial charge in [-0.15, -0.1) is 10.2 Å². The highest BCUT2D eigenvalue weighted by Crippen LogP contribution is 2.24. The first-order chi connectivity index (χ1) is 12.1. The second-order valence-electron chi connectivity index (χ2n) is 5.87. The van der Waals surface area contributed by atoms with Gasteiger partial charge in [0.05, 0.1) is 6.42 Å². The lowest BCUT2D eigenvalue weighted by Gasteiger charge is -2.08. The minimum absolute atomic E-state index is 0.110. The van der Waals surface area contributed by atoms with Crippen LogP contribution in [0.5, 0.6) is 0 Å². The smallest absolute Gasteiger partial charge is 0.230 e. The Kier molecular flexibility index (Phi) is 5.79. The average molecular weight is 372 g/mol. The Morgan fingerprint density at radius 1 is 1.12 bits per heavy atom. The summed E-state index contributed by atoms with van der Waals surface area (Å²) in [6.07, 6.45) is 1.08. The molecule has 4 nitrogen and oxygen atoms in total. The maximum absolute atomic E-state index is 12.1. The zero-order valence-electron chi connectivity index (χ0n) is 13.8. The van der Waals surface area contributed by atoms with Crippen LogP contribution in [0.3, 0.4) is 0 Å². The predicted molar refractivity (Wildman–Crippen MR) is 102 cm³/mol. The molecular weight excluding hydrogens is 354 g/mol. The van der Waals surface area contributed by atoms with Crippen LogP contribution in [0.15, 0.2) is 54.6 Å². The molecule has 0 radical (unpaired) electrons. The quantitative estimate of drug-likeness (QED) is 0.682. The second kappa shape index (κ2) is 8.23. The largest absolute Gasteiger partial charge is 0.300 e. The van der Waals surface area contributed by atoms with E-state index < -0.39 is 0 Å². The Morgan fingerprint density at radius 2 is 1.84 bits per heavy atom. The number of nitrogens with one attached hydrogen (secondary N) is 1. The number of amides is 1. The van der Waals surface area contributed by atoms with Crippen molar-refractivity contribution in [2.45, 2.75) is 25.7 Å². The van der Waals surface area contributed by atoms with E-state index in [2.05, 4.69) is 34.6 Å². The molecule has 0 spiro atoms. The summed E-state index contributed by atoms with van der Waals surface area (Å²) >= 11 is 7.27. The summed E-state index contributed by atoms with van der Waals surface area (Å²) in [5.41, 5.74) is 2.18. The van der Waals surface area contributed by atoms with Gasteiger partial charge in [-0.25, -0.2) is 0 Å². The minimum Gasteiger partial charge on any atom is -0.300 e. The summed E-state index contributed by atoms with van der Waals surface area (Å²) in [6, 6.07) is 17.5. The molecule has 1 aromatic heterocycles. The van der Waals surface area contributed by atoms with Crippen molar-refractivity contribution in [1.82, 2.24) is 10.2 Å². The number of aromatic nitrogens is 2. The first kappa shape index (κ1) is 17.6. The monoisotopic (exact) mass is 371 g/mol. The molecule has 25 heavy (non-hydrogen) atoms. The molecule has 2 aromatic carbocycles. The van der Waals surface area contributed by atoms with Gasteiger partial charge in [-0.05, 0) is 29.2 Å². The Hall–Kier alpha value is -2.24. The number of carbonyl (C=O) groups is 1. The lowest BCUT2D eigenvalue weighted by molar-refractivity contribution is -0.115. The van der Waals surface area contributed by atoms with Gasteiger partial charge in [-0.3, -0.25) is 4.79 Å². The maximum atomic E-state index is 12.1. The molecule has 0 saturated heterocycles. The molecular formula is C19H18ClN3OS. The third-order valence-electron chi connectivity index (χ3n) is 3.84. The molecule has 1 N–H and O–H groups in total. The molecule has 0 saturated carbocycles. The lowest BCUT2D eigenvalue weighted by atomic mass is 9.98. The van der Waals surface area contributed by atoms with Crippen LogP contribution in [0, 0.1) is 0 Å². The van der Waals surface area contributed by atoms with Crippen LogP contribution >= 0.6 is 22.9 Å². The minimum atomic E-state index is -0.110. The summed E-state index contributed by atoms with van der Waals surface area (Å²) in [6.45, 7) is 2.16. The first-order valence-electron chi connectivity index (χ1n) is 8.02. The molecule has 3 aromatic rings. The van der Waals surface area contributed by atoms with E-state index in [0.29, 0.717) is 16.1 Å². The number of hydrogen-bond donors (Lipinski definition) is 1. The van der Waals surface area contributed by atoms with Gasteiger partial charge in [-0.2, -0.15) is 0 Å². The molecule has 0 aliphatic rings. The SMILES string of the molecule is C[C@@H](Cc1nnc(NC(=O)Cc2ccc(Cl)cc2)s1)c1ccccc1. The van der Waals surface area contributed by atoms with Crippen LogP contribution in [0.25, 0.3) is 0 Å². The third kappa shape index (κ3) is 5.11. The number of benzene rings is 2. The van der Waals surface area contributed by atoms with Crippen LogP contribution in [0.1, 0.15) is 29.0 Å². The van der Waals surface area contributed by atoms with Crippen LogP contribution < -0.4 is 5.32 Å². The van der Waals surface area contributed by atoms with Gasteiger partial charge in [0, 0.05) is 11.4 Å². The Labute approximate surface area is 155 Å². The Bertz CT molecular complexity index is 833. The lowest BCUT2D eigenvalue weighted by Crippen LogP contribution is -2.14. The summed E-state index contributed by atoms with van der Waals surface area (Å²) < 4.78 is 0. The highest BCUT2D eigenvalue weighted by Gasteiger charge is 2.12. The third-order valence-corrected chi connectivity index (χ3v) is 4.95. The summed E-state index contributed by atoms with van der Waals surface area (Å²) in [4.78, 5) is 12.1. The number of nitrogens with zero attached hydrogens (tertiary/aromatic N) is 2. The van der Waals surface area contributed by atoms with Gasteiger partial charge in [0.2, 0.25) is 11.0 Å². The van der Waals surface area contributed by atoms with Gasteiger partial charge in [0.25, 0.3) is 0 Å². The average Bonchev–Trinajstić information content (AvgIpc) is 3.04. The highest BCUT2D eigenvalue weighted by molar-refractivity contribution is 7.15. The first-order valence-corrected chi connectivity index (χ1v) is 9.21. The van der Waals surface area contributed by atoms with E-state index in [4.69, 9.17) is 11.6 Å². The molecule has 6 heteroatoms. The standard InChI is InChI=1S/C19H18ClN3OS/c1-13(15-5-3-2-4-6-15)11-18-22-23-19(25-18)21-17(24)12-14-7-9-16(20)10-8-14/h2-10,13H,11-12H2,1H3,(H,21,23,24)/t13-/m0/s1. The van der Waals surface area contributed by atoms with Crippen molar-refractivity contribution in [3.63, 3.8) is 0 Å². The Morgan fingerprint density at radius 3 is 2.56 bits per heavy atom. The van der Waals surface area contributed by atoms with Crippen molar-refractivity contribution in [3.05, 3.63) is 75.8 Å². The van der Waals surface area contributed by atoms with Crippen molar-refractivity contribution in [3.8, 4) is 0 Å². The van der Waals surface area contributed by atoms with Crippen LogP contribution in [0.4, 0.5) is 5.13 Å². The zero-order valence-corrected chi connectivity index (χ0v) is 15.3. The molecule has 128 valence electrons. The molecule has 0 aliphatic carbocycles.